The Morgan fingerprint density at radius 3 is 1.70 bits per heavy atom. The number of amides is 3. The average molecular weight is 801 g/mol. The Hall–Kier alpha value is -6.37. The molecule has 6 heterocycles. The van der Waals surface area contributed by atoms with E-state index in [0.717, 1.165) is 43.9 Å². The number of aryl methyl sites for hydroxylation is 2. The molecule has 12 nitrogen and oxygen atoms in total. The molecule has 57 heavy (non-hydrogen) atoms. The number of aromatic amines is 4. The minimum absolute atomic E-state index is 0.0614. The lowest BCUT2D eigenvalue weighted by molar-refractivity contribution is 0.0977. The van der Waals surface area contributed by atoms with Gasteiger partial charge in [0.25, 0.3) is 17.7 Å². The first-order chi connectivity index (χ1) is 27.5. The van der Waals surface area contributed by atoms with Gasteiger partial charge in [0.05, 0.1) is 22.4 Å². The van der Waals surface area contributed by atoms with Crippen LogP contribution in [0, 0.1) is 13.8 Å². The van der Waals surface area contributed by atoms with Crippen LogP contribution in [0.3, 0.4) is 0 Å². The molecule has 4 aromatic carbocycles. The minimum Gasteiger partial charge on any atom is -0.506 e. The van der Waals surface area contributed by atoms with Crippen LogP contribution >= 0.6 is 23.2 Å². The van der Waals surface area contributed by atoms with Crippen molar-refractivity contribution in [2.45, 2.75) is 25.7 Å². The molecule has 4 aromatic heterocycles. The number of phenols is 2. The van der Waals surface area contributed by atoms with Crippen LogP contribution < -0.4 is 15.1 Å². The van der Waals surface area contributed by atoms with Gasteiger partial charge in [0.1, 0.15) is 22.9 Å². The van der Waals surface area contributed by atoms with Crippen molar-refractivity contribution in [3.63, 3.8) is 0 Å². The molecule has 8 aromatic rings. The highest BCUT2D eigenvalue weighted by atomic mass is 35.5. The first-order valence-electron chi connectivity index (χ1n) is 18.5. The van der Waals surface area contributed by atoms with E-state index in [1.165, 1.54) is 0 Å². The van der Waals surface area contributed by atoms with Crippen molar-refractivity contribution >= 4 is 102 Å². The fourth-order valence-corrected chi connectivity index (χ4v) is 9.40. The molecule has 0 unspecified atom stereocenters. The number of rotatable bonds is 6. The summed E-state index contributed by atoms with van der Waals surface area (Å²) in [4.78, 5) is 57.5. The third-order valence-corrected chi connectivity index (χ3v) is 12.3. The summed E-state index contributed by atoms with van der Waals surface area (Å²) in [7, 11) is 0. The molecular weight excluding hydrogens is 765 g/mol. The molecular formula is C43H35Cl2N7O5. The maximum absolute atomic E-state index is 14.0. The van der Waals surface area contributed by atoms with Crippen molar-refractivity contribution in [2.24, 2.45) is 0 Å². The molecule has 286 valence electrons. The average Bonchev–Trinajstić information content (AvgIpc) is 4.06. The monoisotopic (exact) mass is 799 g/mol. The van der Waals surface area contributed by atoms with Gasteiger partial charge in [-0.2, -0.15) is 0 Å². The second kappa shape index (κ2) is 12.8. The zero-order valence-electron chi connectivity index (χ0n) is 30.7. The van der Waals surface area contributed by atoms with E-state index >= 15 is 0 Å². The van der Waals surface area contributed by atoms with E-state index in [1.807, 2.05) is 26.2 Å². The van der Waals surface area contributed by atoms with Gasteiger partial charge in [0, 0.05) is 105 Å². The zero-order chi connectivity index (χ0) is 39.4. The highest BCUT2D eigenvalue weighted by molar-refractivity contribution is 6.20. The lowest BCUT2D eigenvalue weighted by Crippen LogP contribution is -2.30. The van der Waals surface area contributed by atoms with Gasteiger partial charge in [0.2, 0.25) is 0 Å². The summed E-state index contributed by atoms with van der Waals surface area (Å²) in [6.07, 6.45) is 3.68. The molecule has 3 amide bonds. The van der Waals surface area contributed by atoms with Gasteiger partial charge in [-0.3, -0.25) is 14.4 Å². The number of alkyl halides is 2. The Balaban J connectivity index is 0.885. The molecule has 0 saturated carbocycles. The first-order valence-corrected chi connectivity index (χ1v) is 19.6. The quantitative estimate of drug-likeness (QED) is 0.0831. The van der Waals surface area contributed by atoms with E-state index < -0.39 is 0 Å². The van der Waals surface area contributed by atoms with Crippen molar-refractivity contribution in [1.29, 1.82) is 0 Å². The number of carbonyl (C=O) groups excluding carboxylic acids is 3. The fourth-order valence-electron chi connectivity index (χ4n) is 8.90. The number of nitrogens with zero attached hydrogens (tertiary/aromatic N) is 2. The van der Waals surface area contributed by atoms with Crippen LogP contribution in [-0.4, -0.2) is 72.7 Å². The van der Waals surface area contributed by atoms with Crippen molar-refractivity contribution in [3.8, 4) is 11.5 Å². The second-order valence-corrected chi connectivity index (χ2v) is 15.7. The minimum atomic E-state index is -0.344. The molecule has 0 spiro atoms. The number of aromatic hydroxyl groups is 2. The van der Waals surface area contributed by atoms with Crippen LogP contribution in [0.1, 0.15) is 65.4 Å². The molecule has 0 radical (unpaired) electrons. The SMILES string of the molecule is Cc1c[nH]c2c(O)cc3c(c12)[C@H](CCl)CN3C(=O)c1cc2cc(NC(=O)c3ccc4[nH]c(C(=O)N5C[C@@H](CCl)c6c5cc(O)c5[nH]cc(C)c65)cc4c3)ccc2[nH]1. The van der Waals surface area contributed by atoms with Crippen LogP contribution in [0.15, 0.2) is 73.1 Å². The van der Waals surface area contributed by atoms with Crippen LogP contribution in [0.5, 0.6) is 11.5 Å². The topological polar surface area (TPSA) is 173 Å². The highest BCUT2D eigenvalue weighted by Crippen LogP contribution is 2.48. The largest absolute Gasteiger partial charge is 0.506 e. The van der Waals surface area contributed by atoms with Crippen LogP contribution in [0.4, 0.5) is 17.1 Å². The Labute approximate surface area is 334 Å². The highest BCUT2D eigenvalue weighted by Gasteiger charge is 2.38. The summed E-state index contributed by atoms with van der Waals surface area (Å²) in [5, 5.41) is 27.7. The summed E-state index contributed by atoms with van der Waals surface area (Å²) in [6.45, 7) is 4.66. The lowest BCUT2D eigenvalue weighted by Gasteiger charge is -2.17. The van der Waals surface area contributed by atoms with E-state index in [2.05, 4.69) is 25.3 Å². The van der Waals surface area contributed by atoms with Gasteiger partial charge in [-0.05, 0) is 84.6 Å². The molecule has 7 N–H and O–H groups in total. The number of hydrogen-bond acceptors (Lipinski definition) is 5. The number of halogens is 2. The predicted octanol–water partition coefficient (Wildman–Crippen LogP) is 8.86. The number of fused-ring (bicyclic) bond motifs is 8. The van der Waals surface area contributed by atoms with Crippen molar-refractivity contribution < 1.29 is 24.6 Å². The number of aromatic nitrogens is 4. The number of hydrogen-bond donors (Lipinski definition) is 7. The summed E-state index contributed by atoms with van der Waals surface area (Å²) >= 11 is 12.8. The van der Waals surface area contributed by atoms with E-state index in [1.54, 1.807) is 70.5 Å². The molecule has 0 saturated heterocycles. The number of phenolic OH excluding ortho intramolecular Hbond substituents is 2. The van der Waals surface area contributed by atoms with Gasteiger partial charge >= 0.3 is 0 Å². The van der Waals surface area contributed by atoms with Crippen LogP contribution in [0.2, 0.25) is 0 Å². The standard InChI is InChI=1S/C43H35Cl2N7O5/c1-19-15-46-39-33(53)11-31-37(35(19)39)24(13-44)17-51(31)42(56)29-9-22-7-21(3-5-27(22)49-29)41(55)48-26-4-6-28-23(8-26)10-30(50-28)43(57)52-18-25(14-45)38-32(52)12-34(54)40-36(38)20(2)16-47-40/h3-12,15-16,24-25,46-47,49-50,53-54H,13-14,17-18H2,1-2H3,(H,48,55)/t24-,25-/m1/s1. The molecule has 2 aliphatic heterocycles. The van der Waals surface area contributed by atoms with Gasteiger partial charge in [-0.15, -0.1) is 23.2 Å². The molecule has 0 fully saturated rings. The Morgan fingerprint density at radius 2 is 1.19 bits per heavy atom. The number of H-pyrrole nitrogens is 4. The van der Waals surface area contributed by atoms with Gasteiger partial charge in [0.15, 0.2) is 0 Å². The summed E-state index contributed by atoms with van der Waals surface area (Å²) in [6, 6.07) is 17.3. The summed E-state index contributed by atoms with van der Waals surface area (Å²) in [5.41, 5.74) is 9.38. The van der Waals surface area contributed by atoms with Gasteiger partial charge < -0.3 is 45.3 Å². The normalized spacial score (nSPS) is 16.4. The maximum Gasteiger partial charge on any atom is 0.274 e. The number of carbonyl (C=O) groups is 3. The predicted molar refractivity (Wildman–Crippen MR) is 224 cm³/mol. The number of nitrogens with one attached hydrogen (secondary N) is 5. The van der Waals surface area contributed by atoms with Crippen molar-refractivity contribution in [2.75, 3.05) is 40.0 Å². The Morgan fingerprint density at radius 1 is 0.702 bits per heavy atom. The molecule has 0 bridgehead atoms. The third kappa shape index (κ3) is 5.31. The third-order valence-electron chi connectivity index (χ3n) is 11.6. The van der Waals surface area contributed by atoms with Crippen molar-refractivity contribution in [3.05, 3.63) is 112 Å². The Kier molecular flexibility index (Phi) is 7.90. The maximum atomic E-state index is 14.0. The number of benzene rings is 4. The van der Waals surface area contributed by atoms with E-state index in [9.17, 15) is 24.6 Å². The van der Waals surface area contributed by atoms with Crippen molar-refractivity contribution in [1.82, 2.24) is 19.9 Å². The molecule has 2 atom stereocenters. The van der Waals surface area contributed by atoms with Gasteiger partial charge in [-0.25, -0.2) is 0 Å². The molecule has 10 rings (SSSR count). The van der Waals surface area contributed by atoms with Crippen LogP contribution in [0.25, 0.3) is 43.6 Å². The lowest BCUT2D eigenvalue weighted by atomic mass is 9.97. The van der Waals surface area contributed by atoms with E-state index in [-0.39, 0.29) is 41.1 Å². The van der Waals surface area contributed by atoms with Crippen LogP contribution in [-0.2, 0) is 0 Å². The summed E-state index contributed by atoms with van der Waals surface area (Å²) in [5.74, 6) is -0.317. The van der Waals surface area contributed by atoms with Gasteiger partial charge in [-0.1, -0.05) is 0 Å². The second-order valence-electron chi connectivity index (χ2n) is 15.1. The number of anilines is 3. The fraction of sp³-hybridized carbons (Fsp3) is 0.186. The summed E-state index contributed by atoms with van der Waals surface area (Å²) < 4.78 is 0. The Bertz CT molecular complexity index is 3030. The smallest absolute Gasteiger partial charge is 0.274 e. The van der Waals surface area contributed by atoms with E-state index in [0.29, 0.717) is 80.8 Å². The molecule has 0 aliphatic carbocycles. The zero-order valence-corrected chi connectivity index (χ0v) is 32.2. The van der Waals surface area contributed by atoms with E-state index in [4.69, 9.17) is 23.2 Å². The molecule has 14 heteroatoms. The first kappa shape index (κ1) is 35.1. The molecule has 2 aliphatic rings.